The number of benzene rings is 1. The van der Waals surface area contributed by atoms with Gasteiger partial charge >= 0.3 is 5.97 Å². The Morgan fingerprint density at radius 2 is 1.85 bits per heavy atom. The Hall–Kier alpha value is -1.98. The summed E-state index contributed by atoms with van der Waals surface area (Å²) in [4.78, 5) is 22.9. The topological polar surface area (TPSA) is 66.4 Å². The van der Waals surface area contributed by atoms with Crippen LogP contribution in [0.25, 0.3) is 0 Å². The Labute approximate surface area is 115 Å². The van der Waals surface area contributed by atoms with Crippen LogP contribution in [0.1, 0.15) is 36.2 Å². The quantitative estimate of drug-likeness (QED) is 0.873. The Kier molecular flexibility index (Phi) is 5.19. The SMILES string of the molecule is Cc1cc(C(=O)NC(CC(C)C)C(=O)O)c(F)cc1F. The van der Waals surface area contributed by atoms with E-state index < -0.39 is 29.6 Å². The Morgan fingerprint density at radius 1 is 1.25 bits per heavy atom. The summed E-state index contributed by atoms with van der Waals surface area (Å²) in [5.74, 6) is -3.77. The van der Waals surface area contributed by atoms with Gasteiger partial charge in [0.15, 0.2) is 0 Å². The summed E-state index contributed by atoms with van der Waals surface area (Å²) in [5.41, 5.74) is -0.244. The smallest absolute Gasteiger partial charge is 0.326 e. The van der Waals surface area contributed by atoms with Crippen LogP contribution in [-0.2, 0) is 4.79 Å². The lowest BCUT2D eigenvalue weighted by molar-refractivity contribution is -0.139. The molecule has 0 saturated heterocycles. The van der Waals surface area contributed by atoms with Gasteiger partial charge in [-0.2, -0.15) is 0 Å². The zero-order valence-electron chi connectivity index (χ0n) is 11.5. The van der Waals surface area contributed by atoms with Crippen molar-refractivity contribution in [2.75, 3.05) is 0 Å². The Bertz CT molecular complexity index is 529. The highest BCUT2D eigenvalue weighted by Gasteiger charge is 2.23. The molecule has 1 aromatic carbocycles. The van der Waals surface area contributed by atoms with Crippen molar-refractivity contribution in [1.29, 1.82) is 0 Å². The van der Waals surface area contributed by atoms with Gasteiger partial charge in [0.05, 0.1) is 5.56 Å². The van der Waals surface area contributed by atoms with Crippen molar-refractivity contribution >= 4 is 11.9 Å². The van der Waals surface area contributed by atoms with Gasteiger partial charge < -0.3 is 10.4 Å². The summed E-state index contributed by atoms with van der Waals surface area (Å²) >= 11 is 0. The molecule has 6 heteroatoms. The second-order valence-corrected chi connectivity index (χ2v) is 5.08. The number of hydrogen-bond acceptors (Lipinski definition) is 2. The summed E-state index contributed by atoms with van der Waals surface area (Å²) in [6.07, 6.45) is 0.225. The molecule has 0 aliphatic heterocycles. The van der Waals surface area contributed by atoms with Crippen LogP contribution in [0.15, 0.2) is 12.1 Å². The minimum atomic E-state index is -1.19. The van der Waals surface area contributed by atoms with E-state index in [9.17, 15) is 18.4 Å². The van der Waals surface area contributed by atoms with Crippen LogP contribution in [0.3, 0.4) is 0 Å². The molecule has 0 aliphatic rings. The lowest BCUT2D eigenvalue weighted by atomic mass is 10.0. The summed E-state index contributed by atoms with van der Waals surface area (Å²) < 4.78 is 26.7. The van der Waals surface area contributed by atoms with E-state index in [4.69, 9.17) is 5.11 Å². The summed E-state index contributed by atoms with van der Waals surface area (Å²) in [6.45, 7) is 5.02. The zero-order chi connectivity index (χ0) is 15.4. The van der Waals surface area contributed by atoms with Gasteiger partial charge in [-0.15, -0.1) is 0 Å². The number of amides is 1. The number of carbonyl (C=O) groups excluding carboxylic acids is 1. The summed E-state index contributed by atoms with van der Waals surface area (Å²) in [5, 5.41) is 11.3. The van der Waals surface area contributed by atoms with Crippen molar-refractivity contribution in [1.82, 2.24) is 5.32 Å². The van der Waals surface area contributed by atoms with E-state index in [1.165, 1.54) is 6.92 Å². The van der Waals surface area contributed by atoms with Gasteiger partial charge in [0.2, 0.25) is 0 Å². The fourth-order valence-corrected chi connectivity index (χ4v) is 1.76. The minimum Gasteiger partial charge on any atom is -0.480 e. The Morgan fingerprint density at radius 3 is 2.35 bits per heavy atom. The van der Waals surface area contributed by atoms with Crippen LogP contribution in [-0.4, -0.2) is 23.0 Å². The van der Waals surface area contributed by atoms with Crippen LogP contribution in [0.4, 0.5) is 8.78 Å². The third kappa shape index (κ3) is 4.01. The maximum Gasteiger partial charge on any atom is 0.326 e. The van der Waals surface area contributed by atoms with E-state index in [0.29, 0.717) is 6.07 Å². The van der Waals surface area contributed by atoms with Gasteiger partial charge in [-0.3, -0.25) is 4.79 Å². The van der Waals surface area contributed by atoms with E-state index in [-0.39, 0.29) is 23.5 Å². The first kappa shape index (κ1) is 16.1. The molecule has 0 radical (unpaired) electrons. The normalized spacial score (nSPS) is 12.3. The molecule has 0 fully saturated rings. The van der Waals surface area contributed by atoms with E-state index in [2.05, 4.69) is 5.32 Å². The molecule has 0 bridgehead atoms. The van der Waals surface area contributed by atoms with Crippen molar-refractivity contribution < 1.29 is 23.5 Å². The van der Waals surface area contributed by atoms with E-state index in [0.717, 1.165) is 6.07 Å². The molecule has 0 saturated carbocycles. The number of rotatable bonds is 5. The number of hydrogen-bond donors (Lipinski definition) is 2. The molecule has 1 unspecified atom stereocenters. The molecule has 110 valence electrons. The number of aliphatic carboxylic acids is 1. The highest BCUT2D eigenvalue weighted by molar-refractivity contribution is 5.97. The molecule has 0 aliphatic carbocycles. The van der Waals surface area contributed by atoms with Crippen LogP contribution in [0.5, 0.6) is 0 Å². The second-order valence-electron chi connectivity index (χ2n) is 5.08. The predicted octanol–water partition coefficient (Wildman–Crippen LogP) is 2.50. The van der Waals surface area contributed by atoms with Crippen molar-refractivity contribution in [3.8, 4) is 0 Å². The molecule has 1 aromatic rings. The third-order valence-corrected chi connectivity index (χ3v) is 2.80. The van der Waals surface area contributed by atoms with E-state index in [1.54, 1.807) is 0 Å². The average molecular weight is 285 g/mol. The molecule has 20 heavy (non-hydrogen) atoms. The van der Waals surface area contributed by atoms with Gasteiger partial charge in [-0.1, -0.05) is 13.8 Å². The van der Waals surface area contributed by atoms with Crippen molar-refractivity contribution in [2.24, 2.45) is 5.92 Å². The minimum absolute atomic E-state index is 0.0520. The highest BCUT2D eigenvalue weighted by Crippen LogP contribution is 2.15. The van der Waals surface area contributed by atoms with Crippen molar-refractivity contribution in [3.63, 3.8) is 0 Å². The molecule has 4 nitrogen and oxygen atoms in total. The summed E-state index contributed by atoms with van der Waals surface area (Å²) in [6, 6.07) is 0.573. The monoisotopic (exact) mass is 285 g/mol. The zero-order valence-corrected chi connectivity index (χ0v) is 11.5. The first-order chi connectivity index (χ1) is 9.22. The predicted molar refractivity (Wildman–Crippen MR) is 69.4 cm³/mol. The summed E-state index contributed by atoms with van der Waals surface area (Å²) in [7, 11) is 0. The number of carbonyl (C=O) groups is 2. The molecular formula is C14H17F2NO3. The average Bonchev–Trinajstić information content (AvgIpc) is 2.32. The first-order valence-electron chi connectivity index (χ1n) is 6.21. The highest BCUT2D eigenvalue weighted by atomic mass is 19.1. The lowest BCUT2D eigenvalue weighted by Crippen LogP contribution is -2.42. The molecular weight excluding hydrogens is 268 g/mol. The van der Waals surface area contributed by atoms with Crippen LogP contribution >= 0.6 is 0 Å². The molecule has 0 spiro atoms. The first-order valence-corrected chi connectivity index (χ1v) is 6.21. The fourth-order valence-electron chi connectivity index (χ4n) is 1.76. The third-order valence-electron chi connectivity index (χ3n) is 2.80. The van der Waals surface area contributed by atoms with Gasteiger partial charge in [0.25, 0.3) is 5.91 Å². The molecule has 0 aromatic heterocycles. The van der Waals surface area contributed by atoms with Crippen molar-refractivity contribution in [3.05, 3.63) is 34.9 Å². The van der Waals surface area contributed by atoms with Gasteiger partial charge in [0.1, 0.15) is 17.7 Å². The van der Waals surface area contributed by atoms with Crippen LogP contribution in [0, 0.1) is 24.5 Å². The lowest BCUT2D eigenvalue weighted by Gasteiger charge is -2.17. The maximum atomic E-state index is 13.5. The number of halogens is 2. The fraction of sp³-hybridized carbons (Fsp3) is 0.429. The molecule has 1 rings (SSSR count). The van der Waals surface area contributed by atoms with Gasteiger partial charge in [-0.05, 0) is 30.9 Å². The number of nitrogens with one attached hydrogen (secondary N) is 1. The standard InChI is InChI=1S/C14H17F2NO3/c1-7(2)4-12(14(19)20)17-13(18)9-5-8(3)10(15)6-11(9)16/h5-7,12H,4H2,1-3H3,(H,17,18)(H,19,20). The molecule has 1 amide bonds. The number of aryl methyl sites for hydroxylation is 1. The van der Waals surface area contributed by atoms with E-state index in [1.807, 2.05) is 13.8 Å². The van der Waals surface area contributed by atoms with Crippen LogP contribution in [0.2, 0.25) is 0 Å². The van der Waals surface area contributed by atoms with Gasteiger partial charge in [0, 0.05) is 6.07 Å². The molecule has 1 atom stereocenters. The molecule has 2 N–H and O–H groups in total. The van der Waals surface area contributed by atoms with Crippen molar-refractivity contribution in [2.45, 2.75) is 33.2 Å². The number of carboxylic acids is 1. The second kappa shape index (κ2) is 6.45. The van der Waals surface area contributed by atoms with Crippen LogP contribution < -0.4 is 5.32 Å². The largest absolute Gasteiger partial charge is 0.480 e. The Balaban J connectivity index is 2.95. The maximum absolute atomic E-state index is 13.5. The molecule has 0 heterocycles. The number of carboxylic acid groups (broad SMARTS) is 1. The van der Waals surface area contributed by atoms with Gasteiger partial charge in [-0.25, -0.2) is 13.6 Å². The van der Waals surface area contributed by atoms with E-state index >= 15 is 0 Å².